The van der Waals surface area contributed by atoms with E-state index in [0.29, 0.717) is 0 Å². The van der Waals surface area contributed by atoms with Gasteiger partial charge in [0.1, 0.15) is 0 Å². The molecule has 1 saturated carbocycles. The minimum atomic E-state index is -0.828. The van der Waals surface area contributed by atoms with Crippen molar-refractivity contribution in [2.24, 2.45) is 0 Å². The summed E-state index contributed by atoms with van der Waals surface area (Å²) >= 11 is 0. The number of aryl methyl sites for hydroxylation is 1. The number of aliphatic carboxylic acids is 1. The predicted octanol–water partition coefficient (Wildman–Crippen LogP) is 4.97. The molecule has 0 radical (unpaired) electrons. The number of fused-ring (bicyclic) bond motifs is 1. The van der Waals surface area contributed by atoms with Crippen molar-refractivity contribution in [3.63, 3.8) is 0 Å². The van der Waals surface area contributed by atoms with Crippen molar-refractivity contribution in [2.45, 2.75) is 70.1 Å². The van der Waals surface area contributed by atoms with E-state index < -0.39 is 5.97 Å². The third kappa shape index (κ3) is 2.84. The standard InChI is InChI=1S/C20H26O2/c1-20(2)17(13-19(21)22)10-8-16-12-15(9-11-18(16)20)14-6-4-3-5-7-14/h9,11-14H,3-8,10H2,1-2H3,(H,21,22)/b17-13+. The minimum Gasteiger partial charge on any atom is -0.478 e. The SMILES string of the molecule is CC1(C)/C(=C/C(=O)O)CCc2cc(C3CCCCC3)ccc21. The Hall–Kier alpha value is -1.57. The highest BCUT2D eigenvalue weighted by molar-refractivity contribution is 5.81. The molecule has 0 atom stereocenters. The molecule has 1 aromatic rings. The summed E-state index contributed by atoms with van der Waals surface area (Å²) in [5, 5.41) is 9.08. The summed E-state index contributed by atoms with van der Waals surface area (Å²) in [5.74, 6) is -0.0940. The Bertz CT molecular complexity index is 604. The predicted molar refractivity (Wildman–Crippen MR) is 89.3 cm³/mol. The van der Waals surface area contributed by atoms with Gasteiger partial charge in [-0.15, -0.1) is 0 Å². The van der Waals surface area contributed by atoms with Gasteiger partial charge in [0.05, 0.1) is 0 Å². The molecule has 0 spiro atoms. The van der Waals surface area contributed by atoms with Crippen molar-refractivity contribution in [3.05, 3.63) is 46.5 Å². The van der Waals surface area contributed by atoms with Crippen molar-refractivity contribution in [1.29, 1.82) is 0 Å². The zero-order valence-corrected chi connectivity index (χ0v) is 13.7. The largest absolute Gasteiger partial charge is 0.478 e. The number of carbonyl (C=O) groups is 1. The lowest BCUT2D eigenvalue weighted by molar-refractivity contribution is -0.131. The van der Waals surface area contributed by atoms with Crippen molar-refractivity contribution < 1.29 is 9.90 Å². The van der Waals surface area contributed by atoms with Crippen LogP contribution in [0.4, 0.5) is 0 Å². The molecule has 2 aliphatic carbocycles. The van der Waals surface area contributed by atoms with E-state index in [9.17, 15) is 4.79 Å². The van der Waals surface area contributed by atoms with Crippen molar-refractivity contribution in [1.82, 2.24) is 0 Å². The van der Waals surface area contributed by atoms with Gasteiger partial charge in [-0.25, -0.2) is 4.79 Å². The number of carboxylic acids is 1. The molecule has 1 aromatic carbocycles. The Morgan fingerprint density at radius 2 is 1.91 bits per heavy atom. The van der Waals surface area contributed by atoms with Gasteiger partial charge in [0, 0.05) is 11.5 Å². The lowest BCUT2D eigenvalue weighted by Gasteiger charge is -2.36. The van der Waals surface area contributed by atoms with Crippen LogP contribution in [-0.2, 0) is 16.6 Å². The van der Waals surface area contributed by atoms with E-state index in [0.717, 1.165) is 24.3 Å². The molecule has 0 aliphatic heterocycles. The highest BCUT2D eigenvalue weighted by atomic mass is 16.4. The molecule has 0 amide bonds. The molecule has 1 fully saturated rings. The molecule has 0 heterocycles. The second-order valence-electron chi connectivity index (χ2n) is 7.38. The van der Waals surface area contributed by atoms with Crippen molar-refractivity contribution in [3.8, 4) is 0 Å². The molecular formula is C20H26O2. The maximum Gasteiger partial charge on any atom is 0.328 e. The first kappa shape index (κ1) is 15.3. The molecule has 0 aromatic heterocycles. The second kappa shape index (κ2) is 5.91. The number of rotatable bonds is 2. The number of carboxylic acid groups (broad SMARTS) is 1. The second-order valence-corrected chi connectivity index (χ2v) is 7.38. The average molecular weight is 298 g/mol. The number of hydrogen-bond donors (Lipinski definition) is 1. The van der Waals surface area contributed by atoms with E-state index in [-0.39, 0.29) is 5.41 Å². The highest BCUT2D eigenvalue weighted by Gasteiger charge is 2.32. The molecule has 2 nitrogen and oxygen atoms in total. The molecule has 3 rings (SSSR count). The summed E-state index contributed by atoms with van der Waals surface area (Å²) in [4.78, 5) is 11.1. The first-order valence-corrected chi connectivity index (χ1v) is 8.56. The van der Waals surface area contributed by atoms with Crippen LogP contribution in [0.1, 0.15) is 75.0 Å². The monoisotopic (exact) mass is 298 g/mol. The fourth-order valence-corrected chi connectivity index (χ4v) is 4.28. The number of benzene rings is 1. The fourth-order valence-electron chi connectivity index (χ4n) is 4.28. The molecule has 2 aliphatic rings. The van der Waals surface area contributed by atoms with E-state index in [1.807, 2.05) is 0 Å². The van der Waals surface area contributed by atoms with Crippen LogP contribution in [0.15, 0.2) is 29.8 Å². The minimum absolute atomic E-state index is 0.170. The average Bonchev–Trinajstić information content (AvgIpc) is 2.50. The topological polar surface area (TPSA) is 37.3 Å². The van der Waals surface area contributed by atoms with Crippen molar-refractivity contribution >= 4 is 5.97 Å². The zero-order valence-electron chi connectivity index (χ0n) is 13.7. The van der Waals surface area contributed by atoms with Crippen LogP contribution in [0.5, 0.6) is 0 Å². The molecule has 1 N–H and O–H groups in total. The lowest BCUT2D eigenvalue weighted by atomic mass is 9.68. The molecular weight excluding hydrogens is 272 g/mol. The van der Waals surface area contributed by atoms with Gasteiger partial charge < -0.3 is 5.11 Å². The summed E-state index contributed by atoms with van der Waals surface area (Å²) in [5.41, 5.74) is 5.11. The van der Waals surface area contributed by atoms with E-state index in [2.05, 4.69) is 32.0 Å². The third-order valence-electron chi connectivity index (χ3n) is 5.64. The quantitative estimate of drug-likeness (QED) is 0.783. The Morgan fingerprint density at radius 3 is 2.59 bits per heavy atom. The van der Waals surface area contributed by atoms with Gasteiger partial charge in [-0.2, -0.15) is 0 Å². The Labute approximate surface area is 133 Å². The van der Waals surface area contributed by atoms with E-state index >= 15 is 0 Å². The van der Waals surface area contributed by atoms with Gasteiger partial charge in [-0.1, -0.05) is 56.9 Å². The highest BCUT2D eigenvalue weighted by Crippen LogP contribution is 2.42. The van der Waals surface area contributed by atoms with E-state index in [1.54, 1.807) is 0 Å². The van der Waals surface area contributed by atoms with Crippen LogP contribution in [-0.4, -0.2) is 11.1 Å². The summed E-state index contributed by atoms with van der Waals surface area (Å²) < 4.78 is 0. The summed E-state index contributed by atoms with van der Waals surface area (Å²) in [6.07, 6.45) is 10.0. The molecule has 0 saturated heterocycles. The van der Waals surface area contributed by atoms with Gasteiger partial charge in [0.25, 0.3) is 0 Å². The molecule has 22 heavy (non-hydrogen) atoms. The molecule has 2 heteroatoms. The summed E-state index contributed by atoms with van der Waals surface area (Å²) in [6.45, 7) is 4.31. The summed E-state index contributed by atoms with van der Waals surface area (Å²) in [7, 11) is 0. The Kier molecular flexibility index (Phi) is 4.12. The van der Waals surface area contributed by atoms with E-state index in [1.165, 1.54) is 54.9 Å². The van der Waals surface area contributed by atoms with Crippen molar-refractivity contribution in [2.75, 3.05) is 0 Å². The maximum absolute atomic E-state index is 11.1. The first-order chi connectivity index (χ1) is 10.5. The Morgan fingerprint density at radius 1 is 1.18 bits per heavy atom. The van der Waals surface area contributed by atoms with Gasteiger partial charge in [0.15, 0.2) is 0 Å². The molecule has 0 unspecified atom stereocenters. The number of hydrogen-bond acceptors (Lipinski definition) is 1. The van der Waals surface area contributed by atoms with Crippen LogP contribution in [0, 0.1) is 0 Å². The van der Waals surface area contributed by atoms with Crippen LogP contribution in [0.3, 0.4) is 0 Å². The van der Waals surface area contributed by atoms with Gasteiger partial charge >= 0.3 is 5.97 Å². The lowest BCUT2D eigenvalue weighted by Crippen LogP contribution is -2.28. The van der Waals surface area contributed by atoms with Gasteiger partial charge in [-0.3, -0.25) is 0 Å². The van der Waals surface area contributed by atoms with Crippen LogP contribution < -0.4 is 0 Å². The smallest absolute Gasteiger partial charge is 0.328 e. The third-order valence-corrected chi connectivity index (χ3v) is 5.64. The van der Waals surface area contributed by atoms with Gasteiger partial charge in [0.2, 0.25) is 0 Å². The zero-order chi connectivity index (χ0) is 15.7. The van der Waals surface area contributed by atoms with Crippen LogP contribution in [0.2, 0.25) is 0 Å². The summed E-state index contributed by atoms with van der Waals surface area (Å²) in [6, 6.07) is 6.96. The maximum atomic E-state index is 11.1. The normalized spacial score (nSPS) is 23.3. The molecule has 0 bridgehead atoms. The first-order valence-electron chi connectivity index (χ1n) is 8.56. The molecule has 118 valence electrons. The van der Waals surface area contributed by atoms with Crippen LogP contribution >= 0.6 is 0 Å². The van der Waals surface area contributed by atoms with Crippen LogP contribution in [0.25, 0.3) is 0 Å². The Balaban J connectivity index is 1.93. The fraction of sp³-hybridized carbons (Fsp3) is 0.550. The number of allylic oxidation sites excluding steroid dienone is 1. The van der Waals surface area contributed by atoms with Gasteiger partial charge in [-0.05, 0) is 48.3 Å². The van der Waals surface area contributed by atoms with E-state index in [4.69, 9.17) is 5.11 Å².